The second kappa shape index (κ2) is 8.36. The molecule has 0 aliphatic heterocycles. The predicted molar refractivity (Wildman–Crippen MR) is 89.5 cm³/mol. The number of amides is 2. The number of urea groups is 1. The monoisotopic (exact) mass is 320 g/mol. The van der Waals surface area contributed by atoms with Gasteiger partial charge in [-0.3, -0.25) is 10.1 Å². The second-order valence-electron chi connectivity index (χ2n) is 5.97. The van der Waals surface area contributed by atoms with Crippen molar-refractivity contribution in [3.05, 3.63) is 34.4 Å². The van der Waals surface area contributed by atoms with Crippen LogP contribution in [0.15, 0.2) is 24.3 Å². The fraction of sp³-hybridized carbons (Fsp3) is 0.562. The Kier molecular flexibility index (Phi) is 6.19. The third-order valence-corrected chi connectivity index (χ3v) is 4.25. The van der Waals surface area contributed by atoms with Crippen LogP contribution in [0.1, 0.15) is 32.6 Å². The number of nitro benzene ring substituents is 1. The molecule has 3 N–H and O–H groups in total. The number of rotatable bonds is 6. The zero-order valence-corrected chi connectivity index (χ0v) is 13.4. The van der Waals surface area contributed by atoms with Crippen molar-refractivity contribution >= 4 is 17.4 Å². The van der Waals surface area contributed by atoms with Gasteiger partial charge in [-0.05, 0) is 24.8 Å². The Bertz CT molecular complexity index is 550. The fourth-order valence-corrected chi connectivity index (χ4v) is 2.91. The van der Waals surface area contributed by atoms with E-state index in [1.807, 2.05) is 0 Å². The lowest BCUT2D eigenvalue weighted by atomic mass is 9.86. The number of benzene rings is 1. The predicted octanol–water partition coefficient (Wildman–Crippen LogP) is 2.88. The number of carbonyl (C=O) groups is 1. The maximum Gasteiger partial charge on any atom is 0.315 e. The minimum Gasteiger partial charge on any atom is -0.378 e. The molecule has 7 nitrogen and oxygen atoms in total. The normalized spacial score (nSPS) is 20.6. The highest BCUT2D eigenvalue weighted by atomic mass is 16.6. The van der Waals surface area contributed by atoms with Gasteiger partial charge in [0.2, 0.25) is 0 Å². The lowest BCUT2D eigenvalue weighted by molar-refractivity contribution is -0.384. The van der Waals surface area contributed by atoms with Gasteiger partial charge in [0, 0.05) is 25.2 Å². The van der Waals surface area contributed by atoms with Crippen LogP contribution in [0.25, 0.3) is 0 Å². The molecule has 1 aliphatic rings. The molecule has 1 aromatic carbocycles. The number of hydrogen-bond acceptors (Lipinski definition) is 4. The van der Waals surface area contributed by atoms with Gasteiger partial charge in [0.25, 0.3) is 5.69 Å². The molecule has 23 heavy (non-hydrogen) atoms. The first kappa shape index (κ1) is 17.1. The second-order valence-corrected chi connectivity index (χ2v) is 5.97. The highest BCUT2D eigenvalue weighted by Crippen LogP contribution is 2.24. The van der Waals surface area contributed by atoms with E-state index >= 15 is 0 Å². The summed E-state index contributed by atoms with van der Waals surface area (Å²) in [6, 6.07) is 6.54. The van der Waals surface area contributed by atoms with Crippen LogP contribution < -0.4 is 16.0 Å². The molecule has 1 saturated carbocycles. The Hall–Kier alpha value is -2.31. The molecule has 1 aliphatic carbocycles. The fourth-order valence-electron chi connectivity index (χ4n) is 2.91. The largest absolute Gasteiger partial charge is 0.378 e. The van der Waals surface area contributed by atoms with Gasteiger partial charge in [0.15, 0.2) is 0 Å². The quantitative estimate of drug-likeness (QED) is 0.426. The van der Waals surface area contributed by atoms with Crippen molar-refractivity contribution in [1.29, 1.82) is 0 Å². The first-order valence-corrected chi connectivity index (χ1v) is 8.09. The Balaban J connectivity index is 1.71. The summed E-state index contributed by atoms with van der Waals surface area (Å²) in [6.45, 7) is 3.00. The van der Waals surface area contributed by atoms with Crippen molar-refractivity contribution in [3.8, 4) is 0 Å². The summed E-state index contributed by atoms with van der Waals surface area (Å²) in [5.74, 6) is 0.514. The molecular weight excluding hydrogens is 296 g/mol. The molecule has 0 radical (unpaired) electrons. The molecule has 0 saturated heterocycles. The molecule has 2 amide bonds. The lowest BCUT2D eigenvalue weighted by Crippen LogP contribution is -2.47. The third kappa shape index (κ3) is 5.12. The SMILES string of the molecule is CC1CCCCC1NC(=O)NCCNc1ccccc1[N+](=O)[O-]. The molecule has 0 heterocycles. The number of hydrogen-bond donors (Lipinski definition) is 3. The summed E-state index contributed by atoms with van der Waals surface area (Å²) in [7, 11) is 0. The molecule has 7 heteroatoms. The zero-order chi connectivity index (χ0) is 16.7. The zero-order valence-electron chi connectivity index (χ0n) is 13.4. The summed E-state index contributed by atoms with van der Waals surface area (Å²) in [4.78, 5) is 22.4. The van der Waals surface area contributed by atoms with Crippen LogP contribution in [0.2, 0.25) is 0 Å². The van der Waals surface area contributed by atoms with Crippen molar-refractivity contribution in [1.82, 2.24) is 10.6 Å². The third-order valence-electron chi connectivity index (χ3n) is 4.25. The molecule has 0 aromatic heterocycles. The highest BCUT2D eigenvalue weighted by molar-refractivity contribution is 5.74. The van der Waals surface area contributed by atoms with Gasteiger partial charge in [-0.25, -0.2) is 4.79 Å². The summed E-state index contributed by atoms with van der Waals surface area (Å²) in [5.41, 5.74) is 0.494. The minimum absolute atomic E-state index is 0.0352. The van der Waals surface area contributed by atoms with E-state index < -0.39 is 4.92 Å². The molecule has 2 atom stereocenters. The summed E-state index contributed by atoms with van der Waals surface area (Å²) < 4.78 is 0. The molecule has 0 bridgehead atoms. The van der Waals surface area contributed by atoms with Crippen LogP contribution in [0, 0.1) is 16.0 Å². The van der Waals surface area contributed by atoms with E-state index in [9.17, 15) is 14.9 Å². The van der Waals surface area contributed by atoms with Gasteiger partial charge in [-0.2, -0.15) is 0 Å². The molecule has 126 valence electrons. The number of para-hydroxylation sites is 2. The van der Waals surface area contributed by atoms with Gasteiger partial charge in [0.1, 0.15) is 5.69 Å². The minimum atomic E-state index is -0.424. The van der Waals surface area contributed by atoms with Crippen LogP contribution in [0.5, 0.6) is 0 Å². The number of nitrogens with one attached hydrogen (secondary N) is 3. The van der Waals surface area contributed by atoms with Crippen LogP contribution in [-0.4, -0.2) is 30.1 Å². The molecule has 2 rings (SSSR count). The van der Waals surface area contributed by atoms with E-state index in [-0.39, 0.29) is 17.8 Å². The Morgan fingerprint density at radius 3 is 2.74 bits per heavy atom. The summed E-state index contributed by atoms with van der Waals surface area (Å²) in [6.07, 6.45) is 4.59. The van der Waals surface area contributed by atoms with Gasteiger partial charge in [-0.15, -0.1) is 0 Å². The molecular formula is C16H24N4O3. The molecule has 1 fully saturated rings. The van der Waals surface area contributed by atoms with E-state index in [2.05, 4.69) is 22.9 Å². The first-order chi connectivity index (χ1) is 11.1. The number of anilines is 1. The highest BCUT2D eigenvalue weighted by Gasteiger charge is 2.22. The van der Waals surface area contributed by atoms with Crippen LogP contribution in [-0.2, 0) is 0 Å². The number of nitro groups is 1. The maximum absolute atomic E-state index is 11.9. The topological polar surface area (TPSA) is 96.3 Å². The van der Waals surface area contributed by atoms with Crippen LogP contribution in [0.4, 0.5) is 16.2 Å². The average Bonchev–Trinajstić information content (AvgIpc) is 2.54. The molecule has 2 unspecified atom stereocenters. The van der Waals surface area contributed by atoms with Crippen molar-refractivity contribution < 1.29 is 9.72 Å². The number of carbonyl (C=O) groups excluding carboxylic acids is 1. The van der Waals surface area contributed by atoms with E-state index in [4.69, 9.17) is 0 Å². The average molecular weight is 320 g/mol. The Morgan fingerprint density at radius 1 is 1.26 bits per heavy atom. The summed E-state index contributed by atoms with van der Waals surface area (Å²) in [5, 5.41) is 19.7. The lowest BCUT2D eigenvalue weighted by Gasteiger charge is -2.29. The van der Waals surface area contributed by atoms with Crippen molar-refractivity contribution in [2.75, 3.05) is 18.4 Å². The van der Waals surface area contributed by atoms with E-state index in [0.29, 0.717) is 24.7 Å². The van der Waals surface area contributed by atoms with Gasteiger partial charge >= 0.3 is 6.03 Å². The molecule has 1 aromatic rings. The maximum atomic E-state index is 11.9. The standard InChI is InChI=1S/C16H24N4O3/c1-12-6-2-3-7-13(12)19-16(21)18-11-10-17-14-8-4-5-9-15(14)20(22)23/h4-5,8-9,12-13,17H,2-3,6-7,10-11H2,1H3,(H2,18,19,21). The van der Waals surface area contributed by atoms with Crippen LogP contribution in [0.3, 0.4) is 0 Å². The Labute approximate surface area is 136 Å². The van der Waals surface area contributed by atoms with E-state index in [0.717, 1.165) is 19.3 Å². The van der Waals surface area contributed by atoms with Crippen molar-refractivity contribution in [3.63, 3.8) is 0 Å². The number of nitrogens with zero attached hydrogens (tertiary/aromatic N) is 1. The van der Waals surface area contributed by atoms with Gasteiger partial charge in [-0.1, -0.05) is 31.9 Å². The summed E-state index contributed by atoms with van der Waals surface area (Å²) >= 11 is 0. The van der Waals surface area contributed by atoms with Crippen molar-refractivity contribution in [2.45, 2.75) is 38.6 Å². The molecule has 0 spiro atoms. The van der Waals surface area contributed by atoms with E-state index in [1.54, 1.807) is 18.2 Å². The van der Waals surface area contributed by atoms with Gasteiger partial charge < -0.3 is 16.0 Å². The Morgan fingerprint density at radius 2 is 2.00 bits per heavy atom. The van der Waals surface area contributed by atoms with Gasteiger partial charge in [0.05, 0.1) is 4.92 Å². The first-order valence-electron chi connectivity index (χ1n) is 8.09. The van der Waals surface area contributed by atoms with Crippen LogP contribution >= 0.6 is 0 Å². The van der Waals surface area contributed by atoms with Crippen molar-refractivity contribution in [2.24, 2.45) is 5.92 Å². The smallest absolute Gasteiger partial charge is 0.315 e. The van der Waals surface area contributed by atoms with E-state index in [1.165, 1.54) is 12.5 Å².